The van der Waals surface area contributed by atoms with Gasteiger partial charge >= 0.3 is 5.97 Å². The molecule has 0 heterocycles. The molecule has 1 amide bonds. The summed E-state index contributed by atoms with van der Waals surface area (Å²) in [4.78, 5) is 22.5. The number of amides is 1. The highest BCUT2D eigenvalue weighted by molar-refractivity contribution is 7.92. The first-order chi connectivity index (χ1) is 10.1. The number of hydrogen-bond donors (Lipinski definition) is 2. The van der Waals surface area contributed by atoms with Crippen LogP contribution in [0.5, 0.6) is 0 Å². The predicted molar refractivity (Wildman–Crippen MR) is 82.3 cm³/mol. The van der Waals surface area contributed by atoms with Crippen LogP contribution in [0.3, 0.4) is 0 Å². The molecule has 22 heavy (non-hydrogen) atoms. The molecule has 0 aliphatic carbocycles. The first kappa shape index (κ1) is 18.2. The Morgan fingerprint density at radius 2 is 1.68 bits per heavy atom. The van der Waals surface area contributed by atoms with Crippen LogP contribution in [0, 0.1) is 0 Å². The Balaban J connectivity index is 2.69. The maximum absolute atomic E-state index is 12.0. The lowest BCUT2D eigenvalue weighted by molar-refractivity contribution is -0.137. The van der Waals surface area contributed by atoms with Crippen LogP contribution < -0.4 is 5.32 Å². The second-order valence-corrected chi connectivity index (χ2v) is 7.99. The number of carboxylic acid groups (broad SMARTS) is 1. The highest BCUT2D eigenvalue weighted by Gasteiger charge is 2.19. The summed E-state index contributed by atoms with van der Waals surface area (Å²) in [6.45, 7) is 4.84. The van der Waals surface area contributed by atoms with Crippen molar-refractivity contribution in [2.45, 2.75) is 49.8 Å². The Hall–Kier alpha value is -1.89. The van der Waals surface area contributed by atoms with E-state index in [1.807, 2.05) is 0 Å². The number of carbonyl (C=O) groups is 2. The molecule has 2 N–H and O–H groups in total. The molecule has 1 aromatic rings. The average molecular weight is 327 g/mol. The fourth-order valence-electron chi connectivity index (χ4n) is 1.89. The summed E-state index contributed by atoms with van der Waals surface area (Å²) in [6.07, 6.45) is -0.0662. The van der Waals surface area contributed by atoms with Gasteiger partial charge in [-0.3, -0.25) is 9.59 Å². The summed E-state index contributed by atoms with van der Waals surface area (Å²) in [7, 11) is -3.32. The van der Waals surface area contributed by atoms with Gasteiger partial charge in [0.15, 0.2) is 9.84 Å². The first-order valence-electron chi connectivity index (χ1n) is 6.97. The van der Waals surface area contributed by atoms with Gasteiger partial charge in [0.05, 0.1) is 23.0 Å². The Kier molecular flexibility index (Phi) is 6.11. The van der Waals surface area contributed by atoms with Crippen molar-refractivity contribution < 1.29 is 23.1 Å². The van der Waals surface area contributed by atoms with E-state index in [2.05, 4.69) is 5.32 Å². The molecule has 0 fully saturated rings. The van der Waals surface area contributed by atoms with E-state index in [9.17, 15) is 18.0 Å². The minimum Gasteiger partial charge on any atom is -0.481 e. The monoisotopic (exact) mass is 327 g/mol. The molecule has 1 rings (SSSR count). The normalized spacial score (nSPS) is 12.9. The lowest BCUT2D eigenvalue weighted by Gasteiger charge is -2.12. The van der Waals surface area contributed by atoms with Crippen molar-refractivity contribution in [1.29, 1.82) is 0 Å². The Bertz CT molecular complexity index is 634. The molecule has 1 atom stereocenters. The molecule has 0 aromatic heterocycles. The molecule has 122 valence electrons. The summed E-state index contributed by atoms with van der Waals surface area (Å²) < 4.78 is 24.0. The summed E-state index contributed by atoms with van der Waals surface area (Å²) in [5.41, 5.74) is 0.669. The summed E-state index contributed by atoms with van der Waals surface area (Å²) in [5.74, 6) is -1.27. The number of carboxylic acids is 1. The Labute approximate surface area is 130 Å². The average Bonchev–Trinajstić information content (AvgIpc) is 2.37. The number of aliphatic carboxylic acids is 1. The van der Waals surface area contributed by atoms with Crippen LogP contribution in [0.2, 0.25) is 0 Å². The van der Waals surface area contributed by atoms with Crippen LogP contribution in [0.1, 0.15) is 32.8 Å². The topological polar surface area (TPSA) is 101 Å². The van der Waals surface area contributed by atoms with Gasteiger partial charge in [0.25, 0.3) is 0 Å². The van der Waals surface area contributed by atoms with E-state index in [4.69, 9.17) is 5.11 Å². The van der Waals surface area contributed by atoms with Gasteiger partial charge in [-0.15, -0.1) is 0 Å². The Morgan fingerprint density at radius 3 is 2.14 bits per heavy atom. The van der Waals surface area contributed by atoms with Gasteiger partial charge in [-0.1, -0.05) is 12.1 Å². The van der Waals surface area contributed by atoms with E-state index >= 15 is 0 Å². The molecule has 0 saturated heterocycles. The van der Waals surface area contributed by atoms with E-state index < -0.39 is 27.1 Å². The number of rotatable bonds is 7. The van der Waals surface area contributed by atoms with Crippen molar-refractivity contribution in [3.05, 3.63) is 29.8 Å². The molecule has 0 radical (unpaired) electrons. The number of sulfone groups is 1. The van der Waals surface area contributed by atoms with Crippen LogP contribution in [0.25, 0.3) is 0 Å². The van der Waals surface area contributed by atoms with Crippen molar-refractivity contribution in [3.63, 3.8) is 0 Å². The second kappa shape index (κ2) is 7.40. The largest absolute Gasteiger partial charge is 0.481 e. The predicted octanol–water partition coefficient (Wildman–Crippen LogP) is 1.39. The van der Waals surface area contributed by atoms with Gasteiger partial charge in [-0.2, -0.15) is 0 Å². The fourth-order valence-corrected chi connectivity index (χ4v) is 2.95. The molecular weight excluding hydrogens is 306 g/mol. The molecule has 7 heteroatoms. The molecule has 1 unspecified atom stereocenters. The lowest BCUT2D eigenvalue weighted by atomic mass is 10.1. The van der Waals surface area contributed by atoms with Gasteiger partial charge in [0, 0.05) is 6.04 Å². The van der Waals surface area contributed by atoms with Gasteiger partial charge in [0.2, 0.25) is 5.91 Å². The van der Waals surface area contributed by atoms with Crippen LogP contribution in [-0.4, -0.2) is 36.7 Å². The number of nitrogens with one attached hydrogen (secondary N) is 1. The standard InChI is InChI=1S/C15H21NO5S/c1-10(2)22(20,21)13-6-4-12(5-7-13)9-14(17)16-11(3)8-15(18)19/h4-7,10-11H,8-9H2,1-3H3,(H,16,17)(H,18,19). The molecule has 1 aromatic carbocycles. The van der Waals surface area contributed by atoms with E-state index in [1.54, 1.807) is 32.9 Å². The SMILES string of the molecule is CC(CC(=O)O)NC(=O)Cc1ccc(S(=O)(=O)C(C)C)cc1. The van der Waals surface area contributed by atoms with Crippen LogP contribution in [0.15, 0.2) is 29.2 Å². The third-order valence-electron chi connectivity index (χ3n) is 3.13. The van der Waals surface area contributed by atoms with E-state index in [1.165, 1.54) is 12.1 Å². The summed E-state index contributed by atoms with van der Waals surface area (Å²) in [6, 6.07) is 5.70. The third kappa shape index (κ3) is 5.14. The van der Waals surface area contributed by atoms with Crippen molar-refractivity contribution in [2.75, 3.05) is 0 Å². The zero-order valence-corrected chi connectivity index (χ0v) is 13.7. The summed E-state index contributed by atoms with van der Waals surface area (Å²) >= 11 is 0. The molecular formula is C15H21NO5S. The zero-order chi connectivity index (χ0) is 16.9. The van der Waals surface area contributed by atoms with E-state index in [-0.39, 0.29) is 23.6 Å². The molecule has 0 aliphatic rings. The lowest BCUT2D eigenvalue weighted by Crippen LogP contribution is -2.35. The van der Waals surface area contributed by atoms with Crippen molar-refractivity contribution >= 4 is 21.7 Å². The fraction of sp³-hybridized carbons (Fsp3) is 0.467. The minimum absolute atomic E-state index is 0.0754. The second-order valence-electron chi connectivity index (χ2n) is 5.48. The van der Waals surface area contributed by atoms with Gasteiger partial charge < -0.3 is 10.4 Å². The quantitative estimate of drug-likeness (QED) is 0.788. The molecule has 0 bridgehead atoms. The molecule has 0 aliphatic heterocycles. The zero-order valence-electron chi connectivity index (χ0n) is 12.9. The molecule has 6 nitrogen and oxygen atoms in total. The summed E-state index contributed by atoms with van der Waals surface area (Å²) in [5, 5.41) is 10.7. The Morgan fingerprint density at radius 1 is 1.14 bits per heavy atom. The van der Waals surface area contributed by atoms with Crippen molar-refractivity contribution in [3.8, 4) is 0 Å². The minimum atomic E-state index is -3.32. The highest BCUT2D eigenvalue weighted by atomic mass is 32.2. The van der Waals surface area contributed by atoms with E-state index in [0.717, 1.165) is 0 Å². The van der Waals surface area contributed by atoms with Crippen molar-refractivity contribution in [2.24, 2.45) is 0 Å². The van der Waals surface area contributed by atoms with Gasteiger partial charge in [-0.25, -0.2) is 8.42 Å². The van der Waals surface area contributed by atoms with Crippen LogP contribution in [-0.2, 0) is 25.8 Å². The molecule has 0 spiro atoms. The van der Waals surface area contributed by atoms with Crippen molar-refractivity contribution in [1.82, 2.24) is 5.32 Å². The van der Waals surface area contributed by atoms with Crippen LogP contribution >= 0.6 is 0 Å². The van der Waals surface area contributed by atoms with E-state index in [0.29, 0.717) is 5.56 Å². The third-order valence-corrected chi connectivity index (χ3v) is 5.30. The number of carbonyl (C=O) groups excluding carboxylic acids is 1. The maximum Gasteiger partial charge on any atom is 0.305 e. The van der Waals surface area contributed by atoms with Crippen LogP contribution in [0.4, 0.5) is 0 Å². The molecule has 0 saturated carbocycles. The maximum atomic E-state index is 12.0. The van der Waals surface area contributed by atoms with Gasteiger partial charge in [-0.05, 0) is 38.5 Å². The van der Waals surface area contributed by atoms with Gasteiger partial charge in [0.1, 0.15) is 0 Å². The number of hydrogen-bond acceptors (Lipinski definition) is 4. The highest BCUT2D eigenvalue weighted by Crippen LogP contribution is 2.16. The number of benzene rings is 1. The first-order valence-corrected chi connectivity index (χ1v) is 8.51. The smallest absolute Gasteiger partial charge is 0.305 e.